The monoisotopic (exact) mass is 568 g/mol. The third kappa shape index (κ3) is 6.59. The van der Waals surface area contributed by atoms with Gasteiger partial charge in [-0.2, -0.15) is 0 Å². The Bertz CT molecular complexity index is 1360. The number of methoxy groups -OCH3 is 1. The highest BCUT2D eigenvalue weighted by atomic mass is 32.1. The molecular weight excluding hydrogens is 528 g/mol. The summed E-state index contributed by atoms with van der Waals surface area (Å²) in [7, 11) is 1.65. The maximum Gasteiger partial charge on any atom is 0.408 e. The molecule has 3 aromatic rings. The third-order valence-electron chi connectivity index (χ3n) is 7.23. The van der Waals surface area contributed by atoms with Gasteiger partial charge in [0.15, 0.2) is 0 Å². The number of nitrogens with two attached hydrogens (primary N) is 1. The van der Waals surface area contributed by atoms with Crippen LogP contribution in [0.1, 0.15) is 44.1 Å². The second-order valence-corrected chi connectivity index (χ2v) is 12.6. The zero-order valence-electron chi connectivity index (χ0n) is 24.0. The highest BCUT2D eigenvalue weighted by Crippen LogP contribution is 2.38. The summed E-state index contributed by atoms with van der Waals surface area (Å²) in [5, 5.41) is 8.68. The number of nitrogen functional groups attached to an aromatic ring is 1. The number of pyridine rings is 2. The molecule has 0 radical (unpaired) electrons. The van der Waals surface area contributed by atoms with E-state index in [4.69, 9.17) is 24.9 Å². The first-order valence-corrected chi connectivity index (χ1v) is 14.7. The Morgan fingerprint density at radius 3 is 2.77 bits per heavy atom. The molecule has 40 heavy (non-hydrogen) atoms. The number of rotatable bonds is 8. The summed E-state index contributed by atoms with van der Waals surface area (Å²) >= 11 is 1.62. The maximum absolute atomic E-state index is 12.5. The molecule has 3 aromatic heterocycles. The molecule has 0 aromatic carbocycles. The molecule has 10 nitrogen and oxygen atoms in total. The van der Waals surface area contributed by atoms with Gasteiger partial charge in [0.05, 0.1) is 31.0 Å². The normalized spacial score (nSPS) is 20.9. The zero-order valence-corrected chi connectivity index (χ0v) is 24.8. The Balaban J connectivity index is 1.25. The van der Waals surface area contributed by atoms with Crippen molar-refractivity contribution in [3.8, 4) is 0 Å². The molecule has 2 aliphatic rings. The van der Waals surface area contributed by atoms with Crippen LogP contribution in [0.5, 0.6) is 0 Å². The van der Waals surface area contributed by atoms with E-state index in [0.29, 0.717) is 26.3 Å². The van der Waals surface area contributed by atoms with Gasteiger partial charge in [-0.05, 0) is 70.7 Å². The summed E-state index contributed by atoms with van der Waals surface area (Å²) in [4.78, 5) is 25.3. The van der Waals surface area contributed by atoms with E-state index in [-0.39, 0.29) is 18.2 Å². The van der Waals surface area contributed by atoms with Crippen molar-refractivity contribution in [3.63, 3.8) is 0 Å². The number of amides is 1. The van der Waals surface area contributed by atoms with E-state index in [1.807, 2.05) is 33.8 Å². The van der Waals surface area contributed by atoms with Crippen LogP contribution >= 0.6 is 11.3 Å². The van der Waals surface area contributed by atoms with Gasteiger partial charge < -0.3 is 35.5 Å². The number of carbonyl (C=O) groups is 1. The van der Waals surface area contributed by atoms with E-state index in [1.54, 1.807) is 18.4 Å². The Morgan fingerprint density at radius 2 is 2.00 bits per heavy atom. The van der Waals surface area contributed by atoms with Crippen molar-refractivity contribution in [1.29, 1.82) is 0 Å². The van der Waals surface area contributed by atoms with Crippen molar-refractivity contribution in [2.75, 3.05) is 49.4 Å². The molecule has 0 bridgehead atoms. The fourth-order valence-corrected chi connectivity index (χ4v) is 6.41. The van der Waals surface area contributed by atoms with E-state index < -0.39 is 11.7 Å². The molecule has 3 atom stereocenters. The van der Waals surface area contributed by atoms with Crippen LogP contribution in [0.3, 0.4) is 0 Å². The minimum Gasteiger partial charge on any atom is -0.444 e. The first kappa shape index (κ1) is 28.4. The summed E-state index contributed by atoms with van der Waals surface area (Å²) < 4.78 is 16.7. The van der Waals surface area contributed by atoms with Gasteiger partial charge in [0.25, 0.3) is 0 Å². The standard InChI is InChI=1S/C29H40N6O4S/c1-17-6-9-20-25(30)27(40-26(20)31-17)32-19-8-10-21-18(14-19)7-11-24(33-21)35-15-22(23(16-35)38-13-12-37-5)34-28(36)39-29(2,3)4/h6-7,9,11,19,22-23,32H,8,10,12-16,30H2,1-5H3,(H,34,36)/t19-,22+,23+/m0/s1. The van der Waals surface area contributed by atoms with E-state index in [1.165, 1.54) is 5.56 Å². The number of hydrogen-bond donors (Lipinski definition) is 3. The van der Waals surface area contributed by atoms with Crippen molar-refractivity contribution >= 4 is 44.2 Å². The van der Waals surface area contributed by atoms with Gasteiger partial charge in [0.2, 0.25) is 0 Å². The largest absolute Gasteiger partial charge is 0.444 e. The van der Waals surface area contributed by atoms with Gasteiger partial charge in [-0.25, -0.2) is 14.8 Å². The van der Waals surface area contributed by atoms with Crippen LogP contribution in [0.15, 0.2) is 24.3 Å². The second kappa shape index (κ2) is 11.8. The van der Waals surface area contributed by atoms with E-state index in [2.05, 4.69) is 38.7 Å². The highest BCUT2D eigenvalue weighted by Gasteiger charge is 2.36. The number of aryl methyl sites for hydroxylation is 2. The fourth-order valence-electron chi connectivity index (χ4n) is 5.29. The van der Waals surface area contributed by atoms with Crippen LogP contribution in [0.4, 0.5) is 21.3 Å². The van der Waals surface area contributed by atoms with Crippen molar-refractivity contribution in [1.82, 2.24) is 15.3 Å². The highest BCUT2D eigenvalue weighted by molar-refractivity contribution is 7.23. The number of anilines is 3. The minimum absolute atomic E-state index is 0.195. The van der Waals surface area contributed by atoms with Crippen LogP contribution < -0.4 is 21.3 Å². The zero-order chi connectivity index (χ0) is 28.4. The molecule has 11 heteroatoms. The molecule has 216 valence electrons. The molecule has 0 unspecified atom stereocenters. The molecule has 0 saturated carbocycles. The molecule has 1 aliphatic carbocycles. The van der Waals surface area contributed by atoms with Gasteiger partial charge >= 0.3 is 6.09 Å². The first-order valence-electron chi connectivity index (χ1n) is 13.9. The maximum atomic E-state index is 12.5. The summed E-state index contributed by atoms with van der Waals surface area (Å²) in [5.74, 6) is 0.897. The number of fused-ring (bicyclic) bond motifs is 2. The van der Waals surface area contributed by atoms with Crippen molar-refractivity contribution in [2.45, 2.75) is 70.7 Å². The fraction of sp³-hybridized carbons (Fsp3) is 0.552. The number of thiophene rings is 1. The molecule has 1 fully saturated rings. The smallest absolute Gasteiger partial charge is 0.408 e. The van der Waals surface area contributed by atoms with E-state index >= 15 is 0 Å². The second-order valence-electron chi connectivity index (χ2n) is 11.6. The van der Waals surface area contributed by atoms with E-state index in [0.717, 1.165) is 57.4 Å². The van der Waals surface area contributed by atoms with Gasteiger partial charge in [-0.15, -0.1) is 0 Å². The predicted molar refractivity (Wildman–Crippen MR) is 159 cm³/mol. The Labute approximate surface area is 239 Å². The Kier molecular flexibility index (Phi) is 8.34. The lowest BCUT2D eigenvalue weighted by Crippen LogP contribution is -2.46. The quantitative estimate of drug-likeness (QED) is 0.341. The Morgan fingerprint density at radius 1 is 1.18 bits per heavy atom. The van der Waals surface area contributed by atoms with Crippen LogP contribution in [0.2, 0.25) is 0 Å². The SMILES string of the molecule is COCCO[C@@H]1CN(c2ccc3c(n2)CC[C@H](Nc2sc4nc(C)ccc4c2N)C3)C[C@H]1NC(=O)OC(C)(C)C. The average molecular weight is 569 g/mol. The Hall–Kier alpha value is -3.15. The van der Waals surface area contributed by atoms with Crippen molar-refractivity contribution in [3.05, 3.63) is 41.2 Å². The molecule has 4 heterocycles. The summed E-state index contributed by atoms with van der Waals surface area (Å²) in [6.45, 7) is 9.71. The van der Waals surface area contributed by atoms with Crippen molar-refractivity contribution in [2.24, 2.45) is 0 Å². The van der Waals surface area contributed by atoms with Crippen LogP contribution in [0, 0.1) is 6.92 Å². The molecule has 4 N–H and O–H groups in total. The van der Waals surface area contributed by atoms with Crippen molar-refractivity contribution < 1.29 is 19.0 Å². The van der Waals surface area contributed by atoms with Gasteiger partial charge in [0.1, 0.15) is 21.3 Å². The van der Waals surface area contributed by atoms with Gasteiger partial charge in [-0.3, -0.25) is 0 Å². The molecule has 0 spiro atoms. The summed E-state index contributed by atoms with van der Waals surface area (Å²) in [6.07, 6.45) is 2.09. The number of nitrogens with zero attached hydrogens (tertiary/aromatic N) is 3. The lowest BCUT2D eigenvalue weighted by Gasteiger charge is -2.27. The number of carbonyl (C=O) groups excluding carboxylic acids is 1. The van der Waals surface area contributed by atoms with Gasteiger partial charge in [0, 0.05) is 43.0 Å². The summed E-state index contributed by atoms with van der Waals surface area (Å²) in [5.41, 5.74) is 10.0. The first-order chi connectivity index (χ1) is 19.1. The number of ether oxygens (including phenoxy) is 3. The topological polar surface area (TPSA) is 124 Å². The number of alkyl carbamates (subject to hydrolysis) is 1. The molecule has 1 amide bonds. The number of hydrogen-bond acceptors (Lipinski definition) is 10. The lowest BCUT2D eigenvalue weighted by atomic mass is 9.92. The molecule has 5 rings (SSSR count). The molecule has 1 saturated heterocycles. The van der Waals surface area contributed by atoms with E-state index in [9.17, 15) is 4.79 Å². The predicted octanol–water partition coefficient (Wildman–Crippen LogP) is 4.30. The summed E-state index contributed by atoms with van der Waals surface area (Å²) in [6, 6.07) is 8.37. The molecule has 1 aliphatic heterocycles. The van der Waals surface area contributed by atoms with Crippen LogP contribution in [-0.2, 0) is 27.1 Å². The molecular formula is C29H40N6O4S. The number of aromatic nitrogens is 2. The van der Waals surface area contributed by atoms with Gasteiger partial charge in [-0.1, -0.05) is 17.4 Å². The third-order valence-corrected chi connectivity index (χ3v) is 8.28. The minimum atomic E-state index is -0.569. The van der Waals surface area contributed by atoms with Crippen LogP contribution in [-0.4, -0.2) is 73.3 Å². The van der Waals surface area contributed by atoms with Crippen LogP contribution in [0.25, 0.3) is 10.2 Å². The average Bonchev–Trinajstić information content (AvgIpc) is 3.42. The number of nitrogens with one attached hydrogen (secondary N) is 2. The lowest BCUT2D eigenvalue weighted by molar-refractivity contribution is 0.00946.